The summed E-state index contributed by atoms with van der Waals surface area (Å²) >= 11 is 0. The highest BCUT2D eigenvalue weighted by Gasteiger charge is 2.05. The van der Waals surface area contributed by atoms with Crippen molar-refractivity contribution in [3.05, 3.63) is 35.4 Å². The lowest BCUT2D eigenvalue weighted by Crippen LogP contribution is -2.32. The number of nitrogens with two attached hydrogens (primary N) is 1. The van der Waals surface area contributed by atoms with Gasteiger partial charge in [0.1, 0.15) is 0 Å². The van der Waals surface area contributed by atoms with E-state index in [-0.39, 0.29) is 0 Å². The Kier molecular flexibility index (Phi) is 6.13. The van der Waals surface area contributed by atoms with Crippen LogP contribution in [0.5, 0.6) is 11.5 Å². The first kappa shape index (κ1) is 16.2. The fraction of sp³-hybridized carbons (Fsp3) is 0.471. The summed E-state index contributed by atoms with van der Waals surface area (Å²) in [7, 11) is 3.25. The molecule has 0 amide bonds. The first-order valence-corrected chi connectivity index (χ1v) is 7.65. The Morgan fingerprint density at radius 3 is 2.77 bits per heavy atom. The first-order chi connectivity index (χ1) is 10.7. The van der Waals surface area contributed by atoms with E-state index >= 15 is 0 Å². The minimum Gasteiger partial charge on any atom is -0.493 e. The largest absolute Gasteiger partial charge is 0.493 e. The van der Waals surface area contributed by atoms with Crippen LogP contribution in [0.4, 0.5) is 0 Å². The molecule has 0 saturated heterocycles. The molecule has 0 unspecified atom stereocenters. The number of nitrogens with zero attached hydrogens (tertiary/aromatic N) is 1. The van der Waals surface area contributed by atoms with Crippen LogP contribution in [0.2, 0.25) is 0 Å². The molecule has 1 aromatic rings. The van der Waals surface area contributed by atoms with Crippen LogP contribution in [-0.4, -0.2) is 26.7 Å². The van der Waals surface area contributed by atoms with Gasteiger partial charge in [0, 0.05) is 6.54 Å². The maximum atomic E-state index is 5.90. The Morgan fingerprint density at radius 1 is 1.27 bits per heavy atom. The predicted molar refractivity (Wildman–Crippen MR) is 89.4 cm³/mol. The summed E-state index contributed by atoms with van der Waals surface area (Å²) in [5.74, 6) is 1.90. The number of rotatable bonds is 7. The molecule has 120 valence electrons. The van der Waals surface area contributed by atoms with E-state index in [4.69, 9.17) is 15.2 Å². The van der Waals surface area contributed by atoms with Crippen LogP contribution in [0.1, 0.15) is 31.2 Å². The van der Waals surface area contributed by atoms with Gasteiger partial charge in [-0.1, -0.05) is 17.7 Å². The number of hydrogen-bond acceptors (Lipinski definition) is 3. The molecule has 0 atom stereocenters. The minimum atomic E-state index is 0.480. The second-order valence-electron chi connectivity index (χ2n) is 5.32. The molecular weight excluding hydrogens is 278 g/mol. The Labute approximate surface area is 132 Å². The Hall–Kier alpha value is -2.17. The van der Waals surface area contributed by atoms with Gasteiger partial charge in [-0.15, -0.1) is 0 Å². The molecular formula is C17H25N3O2. The quantitative estimate of drug-likeness (QED) is 0.461. The van der Waals surface area contributed by atoms with E-state index in [1.807, 2.05) is 18.2 Å². The summed E-state index contributed by atoms with van der Waals surface area (Å²) in [5, 5.41) is 3.16. The maximum Gasteiger partial charge on any atom is 0.188 e. The van der Waals surface area contributed by atoms with Gasteiger partial charge < -0.3 is 20.5 Å². The Bertz CT molecular complexity index is 553. The van der Waals surface area contributed by atoms with Gasteiger partial charge in [0.15, 0.2) is 17.5 Å². The summed E-state index contributed by atoms with van der Waals surface area (Å²) in [4.78, 5) is 4.36. The molecule has 3 N–H and O–H groups in total. The summed E-state index contributed by atoms with van der Waals surface area (Å²) in [5.41, 5.74) is 8.45. The van der Waals surface area contributed by atoms with Gasteiger partial charge in [-0.05, 0) is 43.4 Å². The molecule has 0 heterocycles. The lowest BCUT2D eigenvalue weighted by molar-refractivity contribution is 0.354. The van der Waals surface area contributed by atoms with Gasteiger partial charge >= 0.3 is 0 Å². The Balaban J connectivity index is 1.82. The van der Waals surface area contributed by atoms with Crippen molar-refractivity contribution in [3.63, 3.8) is 0 Å². The minimum absolute atomic E-state index is 0.480. The molecule has 0 fully saturated rings. The standard InChI is InChI=1S/C17H25N3O2/c1-21-15-8-7-14(11-16(15)22-2)12-20-17(18)19-10-9-13-5-3-4-6-13/h5,7-8,11H,3-4,6,9-10,12H2,1-2H3,(H3,18,19,20). The average Bonchev–Trinajstić information content (AvgIpc) is 3.06. The van der Waals surface area contributed by atoms with Crippen molar-refractivity contribution >= 4 is 5.96 Å². The molecule has 0 aliphatic heterocycles. The zero-order chi connectivity index (χ0) is 15.8. The molecule has 1 aliphatic carbocycles. The smallest absolute Gasteiger partial charge is 0.188 e. The lowest BCUT2D eigenvalue weighted by Gasteiger charge is -2.09. The molecule has 0 radical (unpaired) electrons. The molecule has 0 aromatic heterocycles. The van der Waals surface area contributed by atoms with Crippen LogP contribution in [0, 0.1) is 0 Å². The summed E-state index contributed by atoms with van der Waals surface area (Å²) in [6, 6.07) is 5.75. The number of nitrogens with one attached hydrogen (secondary N) is 1. The van der Waals surface area contributed by atoms with Crippen molar-refractivity contribution in [2.45, 2.75) is 32.2 Å². The van der Waals surface area contributed by atoms with E-state index in [1.165, 1.54) is 24.8 Å². The third-order valence-electron chi connectivity index (χ3n) is 3.77. The van der Waals surface area contributed by atoms with Gasteiger partial charge in [0.05, 0.1) is 20.8 Å². The molecule has 22 heavy (non-hydrogen) atoms. The van der Waals surface area contributed by atoms with Gasteiger partial charge in [-0.2, -0.15) is 0 Å². The highest BCUT2D eigenvalue weighted by molar-refractivity contribution is 5.77. The topological polar surface area (TPSA) is 68.9 Å². The van der Waals surface area contributed by atoms with E-state index in [2.05, 4.69) is 16.4 Å². The molecule has 5 nitrogen and oxygen atoms in total. The summed E-state index contributed by atoms with van der Waals surface area (Å²) in [6.07, 6.45) is 7.12. The summed E-state index contributed by atoms with van der Waals surface area (Å²) in [6.45, 7) is 1.36. The number of ether oxygens (including phenoxy) is 2. The number of allylic oxidation sites excluding steroid dienone is 1. The van der Waals surface area contributed by atoms with Gasteiger partial charge in [0.25, 0.3) is 0 Å². The van der Waals surface area contributed by atoms with E-state index < -0.39 is 0 Å². The van der Waals surface area contributed by atoms with Crippen LogP contribution >= 0.6 is 0 Å². The second kappa shape index (κ2) is 8.32. The van der Waals surface area contributed by atoms with Crippen molar-refractivity contribution in [1.82, 2.24) is 5.32 Å². The van der Waals surface area contributed by atoms with Crippen molar-refractivity contribution in [3.8, 4) is 11.5 Å². The van der Waals surface area contributed by atoms with E-state index in [0.29, 0.717) is 24.0 Å². The molecule has 1 aliphatic rings. The fourth-order valence-electron chi connectivity index (χ4n) is 2.53. The van der Waals surface area contributed by atoms with E-state index in [1.54, 1.807) is 14.2 Å². The van der Waals surface area contributed by atoms with Crippen LogP contribution < -0.4 is 20.5 Å². The van der Waals surface area contributed by atoms with Crippen molar-refractivity contribution in [2.75, 3.05) is 20.8 Å². The summed E-state index contributed by atoms with van der Waals surface area (Å²) < 4.78 is 10.5. The maximum absolute atomic E-state index is 5.90. The highest BCUT2D eigenvalue weighted by Crippen LogP contribution is 2.27. The highest BCUT2D eigenvalue weighted by atomic mass is 16.5. The molecule has 5 heteroatoms. The van der Waals surface area contributed by atoms with E-state index in [9.17, 15) is 0 Å². The normalized spacial score (nSPS) is 14.6. The first-order valence-electron chi connectivity index (χ1n) is 7.65. The number of aliphatic imine (C=N–C) groups is 1. The average molecular weight is 303 g/mol. The zero-order valence-electron chi connectivity index (χ0n) is 13.4. The molecule has 0 saturated carbocycles. The fourth-order valence-corrected chi connectivity index (χ4v) is 2.53. The lowest BCUT2D eigenvalue weighted by atomic mass is 10.2. The monoisotopic (exact) mass is 303 g/mol. The second-order valence-corrected chi connectivity index (χ2v) is 5.32. The number of guanidine groups is 1. The van der Waals surface area contributed by atoms with Gasteiger partial charge in [0.2, 0.25) is 0 Å². The SMILES string of the molecule is COc1ccc(CN=C(N)NCCC2=CCCC2)cc1OC. The molecule has 0 bridgehead atoms. The van der Waals surface area contributed by atoms with E-state index in [0.717, 1.165) is 18.5 Å². The van der Waals surface area contributed by atoms with Crippen LogP contribution in [0.25, 0.3) is 0 Å². The van der Waals surface area contributed by atoms with Gasteiger partial charge in [-0.25, -0.2) is 4.99 Å². The zero-order valence-corrected chi connectivity index (χ0v) is 13.4. The van der Waals surface area contributed by atoms with Gasteiger partial charge in [-0.3, -0.25) is 0 Å². The van der Waals surface area contributed by atoms with Crippen LogP contribution in [0.3, 0.4) is 0 Å². The molecule has 0 spiro atoms. The number of benzene rings is 1. The van der Waals surface area contributed by atoms with Crippen LogP contribution in [-0.2, 0) is 6.54 Å². The molecule has 2 rings (SSSR count). The predicted octanol–water partition coefficient (Wildman–Crippen LogP) is 2.61. The van der Waals surface area contributed by atoms with Crippen molar-refractivity contribution < 1.29 is 9.47 Å². The van der Waals surface area contributed by atoms with Crippen molar-refractivity contribution in [1.29, 1.82) is 0 Å². The number of methoxy groups -OCH3 is 2. The van der Waals surface area contributed by atoms with Crippen molar-refractivity contribution in [2.24, 2.45) is 10.7 Å². The number of hydrogen-bond donors (Lipinski definition) is 2. The van der Waals surface area contributed by atoms with Crippen LogP contribution in [0.15, 0.2) is 34.8 Å². The third-order valence-corrected chi connectivity index (χ3v) is 3.77. The third kappa shape index (κ3) is 4.69. The molecule has 1 aromatic carbocycles. The Morgan fingerprint density at radius 2 is 2.09 bits per heavy atom.